The maximum absolute atomic E-state index is 8.89. The number of rotatable bonds is 0. The van der Waals surface area contributed by atoms with Crippen molar-refractivity contribution in [2.24, 2.45) is 0 Å². The van der Waals surface area contributed by atoms with E-state index in [1.807, 2.05) is 0 Å². The number of aliphatic carboxylic acids is 1. The monoisotopic (exact) mass is 140 g/mol. The first kappa shape index (κ1) is 23.3. The van der Waals surface area contributed by atoms with E-state index in [-0.39, 0.29) is 71.5 Å². The average Bonchev–Trinajstić information content (AvgIpc) is 0.811. The van der Waals surface area contributed by atoms with Gasteiger partial charge in [-0.05, 0) is 6.92 Å². The standard InChI is InChI=1S/C2H4O2.ClH.2Na/c1-2(3)4;;;/h1H3,(H,3,4);1H;;/q;;2*+1/p-2. The molecule has 0 rings (SSSR count). The summed E-state index contributed by atoms with van der Waals surface area (Å²) in [5.74, 6) is -1.08. The molecular formula is C2H3ClNa2O2. The van der Waals surface area contributed by atoms with Gasteiger partial charge in [0, 0.05) is 5.97 Å². The van der Waals surface area contributed by atoms with E-state index in [1.54, 1.807) is 0 Å². The van der Waals surface area contributed by atoms with Gasteiger partial charge in [0.25, 0.3) is 0 Å². The molecule has 0 saturated heterocycles. The third kappa shape index (κ3) is 83.1. The van der Waals surface area contributed by atoms with Crippen LogP contribution in [0, 0.1) is 0 Å². The van der Waals surface area contributed by atoms with Crippen LogP contribution in [0.2, 0.25) is 0 Å². The SMILES string of the molecule is CC(=O)[O-].[Cl-].[Na+].[Na+]. The second kappa shape index (κ2) is 15.7. The van der Waals surface area contributed by atoms with E-state index in [4.69, 9.17) is 9.90 Å². The van der Waals surface area contributed by atoms with Gasteiger partial charge in [0.1, 0.15) is 0 Å². The fraction of sp³-hybridized carbons (Fsp3) is 0.500. The zero-order valence-electron chi connectivity index (χ0n) is 4.69. The molecule has 5 heteroatoms. The predicted molar refractivity (Wildman–Crippen MR) is 10.7 cm³/mol. The topological polar surface area (TPSA) is 40.1 Å². The molecule has 0 saturated carbocycles. The molecule has 0 heterocycles. The molecule has 0 aliphatic rings. The molecule has 7 heavy (non-hydrogen) atoms. The van der Waals surface area contributed by atoms with Crippen LogP contribution in [-0.2, 0) is 4.79 Å². The molecule has 0 aliphatic carbocycles. The largest absolute Gasteiger partial charge is 1.00 e. The van der Waals surface area contributed by atoms with Gasteiger partial charge in [-0.2, -0.15) is 0 Å². The summed E-state index contributed by atoms with van der Waals surface area (Å²) in [6.45, 7) is 0.972. The normalized spacial score (nSPS) is 3.57. The smallest absolute Gasteiger partial charge is 1.00 e. The second-order valence-electron chi connectivity index (χ2n) is 0.492. The van der Waals surface area contributed by atoms with Crippen LogP contribution < -0.4 is 76.6 Å². The number of carbonyl (C=O) groups is 1. The minimum Gasteiger partial charge on any atom is -1.00 e. The molecule has 32 valence electrons. The van der Waals surface area contributed by atoms with E-state index < -0.39 is 5.97 Å². The quantitative estimate of drug-likeness (QED) is 0.314. The fourth-order valence-electron chi connectivity index (χ4n) is 0. The van der Waals surface area contributed by atoms with Crippen LogP contribution in [0.5, 0.6) is 0 Å². The van der Waals surface area contributed by atoms with Crippen LogP contribution in [0.15, 0.2) is 0 Å². The van der Waals surface area contributed by atoms with E-state index in [0.717, 1.165) is 6.92 Å². The molecular weight excluding hydrogens is 137 g/mol. The van der Waals surface area contributed by atoms with E-state index in [9.17, 15) is 0 Å². The molecule has 0 bridgehead atoms. The van der Waals surface area contributed by atoms with Gasteiger partial charge < -0.3 is 22.3 Å². The van der Waals surface area contributed by atoms with Crippen LogP contribution in [0.3, 0.4) is 0 Å². The summed E-state index contributed by atoms with van der Waals surface area (Å²) in [5.41, 5.74) is 0. The van der Waals surface area contributed by atoms with Crippen molar-refractivity contribution in [1.82, 2.24) is 0 Å². The molecule has 0 fully saturated rings. The van der Waals surface area contributed by atoms with Gasteiger partial charge in [-0.1, -0.05) is 0 Å². The Morgan fingerprint density at radius 3 is 1.43 bits per heavy atom. The molecule has 0 aromatic rings. The van der Waals surface area contributed by atoms with Crippen LogP contribution in [-0.4, -0.2) is 5.97 Å². The first-order valence-corrected chi connectivity index (χ1v) is 0.908. The van der Waals surface area contributed by atoms with Gasteiger partial charge in [0.2, 0.25) is 0 Å². The summed E-state index contributed by atoms with van der Waals surface area (Å²) < 4.78 is 0. The van der Waals surface area contributed by atoms with Gasteiger partial charge in [0.15, 0.2) is 0 Å². The zero-order chi connectivity index (χ0) is 3.58. The van der Waals surface area contributed by atoms with E-state index in [0.29, 0.717) is 0 Å². The van der Waals surface area contributed by atoms with Crippen molar-refractivity contribution < 1.29 is 81.4 Å². The molecule has 0 radical (unpaired) electrons. The van der Waals surface area contributed by atoms with Crippen molar-refractivity contribution in [2.45, 2.75) is 6.92 Å². The Labute approximate surface area is 93.0 Å². The van der Waals surface area contributed by atoms with E-state index >= 15 is 0 Å². The van der Waals surface area contributed by atoms with Crippen LogP contribution in [0.25, 0.3) is 0 Å². The zero-order valence-corrected chi connectivity index (χ0v) is 9.45. The molecule has 2 nitrogen and oxygen atoms in total. The van der Waals surface area contributed by atoms with Crippen molar-refractivity contribution in [3.8, 4) is 0 Å². The van der Waals surface area contributed by atoms with Crippen LogP contribution in [0.1, 0.15) is 6.92 Å². The third-order valence-electron chi connectivity index (χ3n) is 0. The van der Waals surface area contributed by atoms with E-state index in [2.05, 4.69) is 0 Å². The van der Waals surface area contributed by atoms with Crippen molar-refractivity contribution in [3.63, 3.8) is 0 Å². The van der Waals surface area contributed by atoms with Gasteiger partial charge >= 0.3 is 59.1 Å². The summed E-state index contributed by atoms with van der Waals surface area (Å²) in [5, 5.41) is 8.89. The Bertz CT molecular complexity index is 36.7. The minimum atomic E-state index is -1.08. The van der Waals surface area contributed by atoms with Crippen LogP contribution in [0.4, 0.5) is 0 Å². The van der Waals surface area contributed by atoms with Gasteiger partial charge in [-0.25, -0.2) is 0 Å². The Kier molecular flexibility index (Phi) is 52.1. The molecule has 0 aromatic heterocycles. The maximum Gasteiger partial charge on any atom is 1.00 e. The number of hydrogen-bond acceptors (Lipinski definition) is 2. The summed E-state index contributed by atoms with van der Waals surface area (Å²) in [6.07, 6.45) is 0. The number of carboxylic acids is 1. The van der Waals surface area contributed by atoms with E-state index in [1.165, 1.54) is 0 Å². The summed E-state index contributed by atoms with van der Waals surface area (Å²) >= 11 is 0. The third-order valence-corrected chi connectivity index (χ3v) is 0. The molecule has 0 unspecified atom stereocenters. The summed E-state index contributed by atoms with van der Waals surface area (Å²) in [4.78, 5) is 8.89. The first-order chi connectivity index (χ1) is 1.73. The van der Waals surface area contributed by atoms with Crippen molar-refractivity contribution in [1.29, 1.82) is 0 Å². The van der Waals surface area contributed by atoms with Crippen molar-refractivity contribution >= 4 is 5.97 Å². The molecule has 0 atom stereocenters. The van der Waals surface area contributed by atoms with Crippen molar-refractivity contribution in [3.05, 3.63) is 0 Å². The van der Waals surface area contributed by atoms with Gasteiger partial charge in [-0.15, -0.1) is 0 Å². The van der Waals surface area contributed by atoms with Gasteiger partial charge in [0.05, 0.1) is 0 Å². The molecule has 0 N–H and O–H groups in total. The average molecular weight is 140 g/mol. The Balaban J connectivity index is -0.0000000150. The Hall–Kier alpha value is 1.76. The molecule has 0 spiro atoms. The molecule has 0 amide bonds. The number of halogens is 1. The molecule has 0 aromatic carbocycles. The van der Waals surface area contributed by atoms with Gasteiger partial charge in [-0.3, -0.25) is 0 Å². The maximum atomic E-state index is 8.89. The predicted octanol–water partition coefficient (Wildman–Crippen LogP) is -10.2. The minimum absolute atomic E-state index is 0. The first-order valence-electron chi connectivity index (χ1n) is 0.908. The second-order valence-corrected chi connectivity index (χ2v) is 0.492. The summed E-state index contributed by atoms with van der Waals surface area (Å²) in [6, 6.07) is 0. The number of hydrogen-bond donors (Lipinski definition) is 0. The number of carbonyl (C=O) groups excluding carboxylic acids is 1. The van der Waals surface area contributed by atoms with Crippen molar-refractivity contribution in [2.75, 3.05) is 0 Å². The Morgan fingerprint density at radius 1 is 1.43 bits per heavy atom. The number of carboxylic acid groups (broad SMARTS) is 1. The Morgan fingerprint density at radius 2 is 1.43 bits per heavy atom. The van der Waals surface area contributed by atoms with Crippen LogP contribution >= 0.6 is 0 Å². The molecule has 0 aliphatic heterocycles. The summed E-state index contributed by atoms with van der Waals surface area (Å²) in [7, 11) is 0. The fourth-order valence-corrected chi connectivity index (χ4v) is 0.